The average Bonchev–Trinajstić information content (AvgIpc) is 2.89. The first kappa shape index (κ1) is 20.4. The first-order valence-electron chi connectivity index (χ1n) is 9.55. The van der Waals surface area contributed by atoms with Crippen molar-refractivity contribution in [1.82, 2.24) is 9.78 Å². The monoisotopic (exact) mass is 444 g/mol. The van der Waals surface area contributed by atoms with Gasteiger partial charge in [-0.1, -0.05) is 47.8 Å². The molecule has 0 saturated heterocycles. The number of aliphatic imine (C=N–C) groups is 1. The van der Waals surface area contributed by atoms with Gasteiger partial charge in [0.25, 0.3) is 11.2 Å². The number of hydrogen-bond donors (Lipinski definition) is 1. The van der Waals surface area contributed by atoms with Crippen molar-refractivity contribution in [2.45, 2.75) is 25.7 Å². The van der Waals surface area contributed by atoms with Crippen molar-refractivity contribution < 1.29 is 4.92 Å². The van der Waals surface area contributed by atoms with Crippen LogP contribution in [0.25, 0.3) is 16.9 Å². The van der Waals surface area contributed by atoms with Crippen LogP contribution in [-0.4, -0.2) is 27.0 Å². The summed E-state index contributed by atoms with van der Waals surface area (Å²) in [5, 5.41) is 14.7. The zero-order valence-corrected chi connectivity index (χ0v) is 17.4. The maximum Gasteiger partial charge on any atom is 0.288 e. The molecule has 2 heterocycles. The molecule has 0 atom stereocenters. The summed E-state index contributed by atoms with van der Waals surface area (Å²) in [4.78, 5) is 28.9. The molecule has 1 aliphatic heterocycles. The SMILES string of the molecule is O=c1c(C2=NCCCCC2)c(-c2cc([N+](=O)[O-])c(Cl)cc2Cl)[nH]n1-c1ccccc1. The number of aromatic amines is 1. The Hall–Kier alpha value is -2.90. The van der Waals surface area contributed by atoms with Gasteiger partial charge < -0.3 is 0 Å². The second kappa shape index (κ2) is 8.45. The summed E-state index contributed by atoms with van der Waals surface area (Å²) in [6.45, 7) is 0.638. The minimum Gasteiger partial charge on any atom is -0.290 e. The third-order valence-corrected chi connectivity index (χ3v) is 5.69. The molecule has 2 aromatic carbocycles. The van der Waals surface area contributed by atoms with Gasteiger partial charge >= 0.3 is 0 Å². The lowest BCUT2D eigenvalue weighted by Crippen LogP contribution is -2.20. The van der Waals surface area contributed by atoms with E-state index in [-0.39, 0.29) is 21.3 Å². The van der Waals surface area contributed by atoms with Gasteiger partial charge in [-0.05, 0) is 37.5 Å². The number of nitrogens with zero attached hydrogens (tertiary/aromatic N) is 3. The smallest absolute Gasteiger partial charge is 0.288 e. The van der Waals surface area contributed by atoms with E-state index in [0.717, 1.165) is 19.3 Å². The highest BCUT2D eigenvalue weighted by Gasteiger charge is 2.26. The van der Waals surface area contributed by atoms with E-state index in [1.165, 1.54) is 16.8 Å². The molecule has 0 unspecified atom stereocenters. The summed E-state index contributed by atoms with van der Waals surface area (Å²) >= 11 is 12.4. The molecule has 9 heteroatoms. The summed E-state index contributed by atoms with van der Waals surface area (Å²) in [5.41, 5.74) is 1.90. The molecule has 0 spiro atoms. The van der Waals surface area contributed by atoms with Gasteiger partial charge in [-0.3, -0.25) is 25.0 Å². The molecule has 0 radical (unpaired) electrons. The first-order chi connectivity index (χ1) is 14.5. The molecule has 30 heavy (non-hydrogen) atoms. The van der Waals surface area contributed by atoms with Crippen molar-refractivity contribution >= 4 is 34.6 Å². The Bertz CT molecular complexity index is 1200. The van der Waals surface area contributed by atoms with Crippen molar-refractivity contribution in [2.24, 2.45) is 4.99 Å². The van der Waals surface area contributed by atoms with E-state index >= 15 is 0 Å². The van der Waals surface area contributed by atoms with E-state index in [9.17, 15) is 14.9 Å². The highest BCUT2D eigenvalue weighted by atomic mass is 35.5. The van der Waals surface area contributed by atoms with Gasteiger partial charge in [-0.15, -0.1) is 0 Å². The number of halogens is 2. The fraction of sp³-hybridized carbons (Fsp3) is 0.238. The van der Waals surface area contributed by atoms with Gasteiger partial charge in [-0.25, -0.2) is 4.68 Å². The Balaban J connectivity index is 2.00. The summed E-state index contributed by atoms with van der Waals surface area (Å²) in [5.74, 6) is 0. The Morgan fingerprint density at radius 1 is 1.07 bits per heavy atom. The Morgan fingerprint density at radius 2 is 1.83 bits per heavy atom. The molecule has 3 aromatic rings. The summed E-state index contributed by atoms with van der Waals surface area (Å²) in [6, 6.07) is 11.7. The zero-order chi connectivity index (χ0) is 21.3. The van der Waals surface area contributed by atoms with Crippen molar-refractivity contribution in [3.05, 3.63) is 78.5 Å². The Morgan fingerprint density at radius 3 is 2.57 bits per heavy atom. The maximum absolute atomic E-state index is 13.4. The van der Waals surface area contributed by atoms with E-state index in [0.29, 0.717) is 41.2 Å². The number of rotatable bonds is 4. The van der Waals surface area contributed by atoms with E-state index in [1.807, 2.05) is 18.2 Å². The van der Waals surface area contributed by atoms with Crippen LogP contribution in [0, 0.1) is 10.1 Å². The third-order valence-electron chi connectivity index (χ3n) is 5.07. The van der Waals surface area contributed by atoms with Gasteiger partial charge in [0, 0.05) is 23.9 Å². The standard InChI is InChI=1S/C21H18Cl2N4O3/c22-15-12-16(23)18(27(29)30)11-14(15)20-19(17-9-5-2-6-10-24-17)21(28)26(25-20)13-7-3-1-4-8-13/h1,3-4,7-8,11-12,25H,2,5-6,9-10H2. The predicted molar refractivity (Wildman–Crippen MR) is 118 cm³/mol. The molecule has 1 N–H and O–H groups in total. The molecule has 1 aromatic heterocycles. The zero-order valence-electron chi connectivity index (χ0n) is 15.9. The minimum absolute atomic E-state index is 0.0630. The Labute approximate surface area is 182 Å². The molecule has 0 saturated carbocycles. The van der Waals surface area contributed by atoms with Crippen LogP contribution in [0.2, 0.25) is 10.0 Å². The molecule has 1 aliphatic rings. The van der Waals surface area contributed by atoms with Crippen LogP contribution < -0.4 is 5.56 Å². The van der Waals surface area contributed by atoms with Crippen LogP contribution in [-0.2, 0) is 0 Å². The van der Waals surface area contributed by atoms with Gasteiger partial charge in [0.15, 0.2) is 0 Å². The predicted octanol–water partition coefficient (Wildman–Crippen LogP) is 5.41. The van der Waals surface area contributed by atoms with Gasteiger partial charge in [0.1, 0.15) is 5.02 Å². The van der Waals surface area contributed by atoms with Crippen molar-refractivity contribution in [1.29, 1.82) is 0 Å². The van der Waals surface area contributed by atoms with Crippen LogP contribution in [0.15, 0.2) is 52.3 Å². The van der Waals surface area contributed by atoms with Gasteiger partial charge in [0.2, 0.25) is 0 Å². The fourth-order valence-corrected chi connectivity index (χ4v) is 4.15. The highest BCUT2D eigenvalue weighted by molar-refractivity contribution is 6.37. The van der Waals surface area contributed by atoms with Gasteiger partial charge in [0.05, 0.1) is 26.9 Å². The van der Waals surface area contributed by atoms with Gasteiger partial charge in [-0.2, -0.15) is 0 Å². The fourth-order valence-electron chi connectivity index (χ4n) is 3.61. The molecule has 0 amide bonds. The summed E-state index contributed by atoms with van der Waals surface area (Å²) in [7, 11) is 0. The largest absolute Gasteiger partial charge is 0.290 e. The lowest BCUT2D eigenvalue weighted by Gasteiger charge is -2.08. The second-order valence-corrected chi connectivity index (χ2v) is 7.83. The van der Waals surface area contributed by atoms with Crippen molar-refractivity contribution in [2.75, 3.05) is 6.54 Å². The molecule has 0 aliphatic carbocycles. The molecular formula is C21H18Cl2N4O3. The number of aromatic nitrogens is 2. The number of nitro benzene ring substituents is 1. The lowest BCUT2D eigenvalue weighted by molar-refractivity contribution is -0.384. The first-order valence-corrected chi connectivity index (χ1v) is 10.3. The minimum atomic E-state index is -0.572. The normalized spacial score (nSPS) is 14.3. The molecule has 154 valence electrons. The average molecular weight is 445 g/mol. The highest BCUT2D eigenvalue weighted by Crippen LogP contribution is 2.37. The second-order valence-electron chi connectivity index (χ2n) is 7.02. The van der Waals surface area contributed by atoms with E-state index in [2.05, 4.69) is 10.1 Å². The van der Waals surface area contributed by atoms with Crippen LogP contribution in [0.1, 0.15) is 31.2 Å². The lowest BCUT2D eigenvalue weighted by atomic mass is 10.0. The topological polar surface area (TPSA) is 93.3 Å². The molecule has 7 nitrogen and oxygen atoms in total. The van der Waals surface area contributed by atoms with Crippen molar-refractivity contribution in [3.63, 3.8) is 0 Å². The maximum atomic E-state index is 13.4. The molecule has 0 bridgehead atoms. The number of benzene rings is 2. The number of H-pyrrole nitrogens is 1. The van der Waals surface area contributed by atoms with E-state index in [4.69, 9.17) is 23.2 Å². The van der Waals surface area contributed by atoms with E-state index < -0.39 is 4.92 Å². The van der Waals surface area contributed by atoms with Crippen LogP contribution in [0.5, 0.6) is 0 Å². The molecule has 0 fully saturated rings. The number of para-hydroxylation sites is 1. The summed E-state index contributed by atoms with van der Waals surface area (Å²) < 4.78 is 1.41. The number of nitrogens with one attached hydrogen (secondary N) is 1. The van der Waals surface area contributed by atoms with E-state index in [1.54, 1.807) is 12.1 Å². The van der Waals surface area contributed by atoms with Crippen molar-refractivity contribution in [3.8, 4) is 16.9 Å². The quantitative estimate of drug-likeness (QED) is 0.430. The third kappa shape index (κ3) is 3.78. The summed E-state index contributed by atoms with van der Waals surface area (Å²) in [6.07, 6.45) is 3.57. The van der Waals surface area contributed by atoms with Crippen LogP contribution >= 0.6 is 23.2 Å². The number of nitro groups is 1. The molecular weight excluding hydrogens is 427 g/mol. The number of hydrogen-bond acceptors (Lipinski definition) is 4. The Kier molecular flexibility index (Phi) is 5.74. The van der Waals surface area contributed by atoms with Crippen LogP contribution in [0.4, 0.5) is 5.69 Å². The van der Waals surface area contributed by atoms with Crippen LogP contribution in [0.3, 0.4) is 0 Å². The molecule has 4 rings (SSSR count).